The van der Waals surface area contributed by atoms with Gasteiger partial charge >= 0.3 is 0 Å². The zero-order valence-electron chi connectivity index (χ0n) is 21.7. The van der Waals surface area contributed by atoms with Crippen molar-refractivity contribution in [1.82, 2.24) is 16.2 Å². The highest BCUT2D eigenvalue weighted by atomic mass is 35.5. The number of aliphatic hydroxyl groups is 2. The quantitative estimate of drug-likeness (QED) is 0.317. The lowest BCUT2D eigenvalue weighted by molar-refractivity contribution is -0.121. The number of carbonyl (C=O) groups excluding carboxylic acids is 1. The maximum Gasteiger partial charge on any atom is 0.222 e. The lowest BCUT2D eigenvalue weighted by atomic mass is 9.98. The number of ether oxygens (including phenoxy) is 1. The average Bonchev–Trinajstić information content (AvgIpc) is 3.18. The predicted molar refractivity (Wildman–Crippen MR) is 145 cm³/mol. The van der Waals surface area contributed by atoms with Gasteiger partial charge in [0.25, 0.3) is 0 Å². The minimum atomic E-state index is -1.17. The SMILES string of the molecule is COc1ccc2c(c1)C(c1ccc(Cl)cc1)=N[C@@H](CC(=O)NCCCC(O)C(C)(C)O)C1NNC(C)N21. The molecule has 4 atom stereocenters. The van der Waals surface area contributed by atoms with Crippen molar-refractivity contribution in [2.24, 2.45) is 4.99 Å². The van der Waals surface area contributed by atoms with Crippen LogP contribution in [0.2, 0.25) is 5.02 Å². The number of aliphatic hydroxyl groups excluding tert-OH is 1. The summed E-state index contributed by atoms with van der Waals surface area (Å²) in [5.41, 5.74) is 8.98. The summed E-state index contributed by atoms with van der Waals surface area (Å²) in [7, 11) is 1.63. The average molecular weight is 530 g/mol. The van der Waals surface area contributed by atoms with Crippen LogP contribution in [0.3, 0.4) is 0 Å². The summed E-state index contributed by atoms with van der Waals surface area (Å²) in [6.07, 6.45) is -0.0301. The van der Waals surface area contributed by atoms with Gasteiger partial charge in [0, 0.05) is 28.4 Å². The molecule has 2 aliphatic heterocycles. The molecule has 200 valence electrons. The normalized spacial score (nSPS) is 22.0. The first kappa shape index (κ1) is 27.3. The van der Waals surface area contributed by atoms with E-state index >= 15 is 0 Å². The van der Waals surface area contributed by atoms with Gasteiger partial charge in [-0.1, -0.05) is 23.7 Å². The van der Waals surface area contributed by atoms with Crippen LogP contribution in [-0.2, 0) is 4.79 Å². The first-order valence-corrected chi connectivity index (χ1v) is 12.9. The molecule has 0 aromatic heterocycles. The van der Waals surface area contributed by atoms with Gasteiger partial charge in [0.1, 0.15) is 11.9 Å². The number of nitrogens with one attached hydrogen (secondary N) is 3. The maximum atomic E-state index is 13.0. The van der Waals surface area contributed by atoms with E-state index in [0.29, 0.717) is 30.2 Å². The van der Waals surface area contributed by atoms with Gasteiger partial charge in [-0.05, 0) is 63.9 Å². The molecule has 4 rings (SSSR count). The fraction of sp³-hybridized carbons (Fsp3) is 0.481. The summed E-state index contributed by atoms with van der Waals surface area (Å²) < 4.78 is 5.52. The summed E-state index contributed by atoms with van der Waals surface area (Å²) in [6, 6.07) is 13.0. The Kier molecular flexibility index (Phi) is 8.40. The molecule has 3 unspecified atom stereocenters. The third-order valence-corrected chi connectivity index (χ3v) is 7.11. The largest absolute Gasteiger partial charge is 0.497 e. The van der Waals surface area contributed by atoms with Crippen LogP contribution in [0.1, 0.15) is 51.2 Å². The van der Waals surface area contributed by atoms with E-state index in [1.54, 1.807) is 21.0 Å². The van der Waals surface area contributed by atoms with E-state index in [4.69, 9.17) is 21.3 Å². The third kappa shape index (κ3) is 6.25. The molecule has 1 saturated heterocycles. The van der Waals surface area contributed by atoms with E-state index < -0.39 is 17.7 Å². The van der Waals surface area contributed by atoms with Crippen molar-refractivity contribution in [3.8, 4) is 5.75 Å². The number of rotatable bonds is 9. The summed E-state index contributed by atoms with van der Waals surface area (Å²) in [6.45, 7) is 5.60. The van der Waals surface area contributed by atoms with E-state index in [1.165, 1.54) is 0 Å². The van der Waals surface area contributed by atoms with Gasteiger partial charge < -0.3 is 25.2 Å². The molecule has 2 aromatic rings. The standard InChI is InChI=1S/C27H36ClN5O4/c1-16-31-32-26-21(15-24(35)29-13-5-6-23(34)27(2,3)36)30-25(17-7-9-18(28)10-8-17)20-14-19(37-4)11-12-22(20)33(16)26/h7-12,14,16,21,23,26,31-32,34,36H,5-6,13,15H2,1-4H3,(H,29,35)/t16?,21-,23?,26?/m0/s1. The van der Waals surface area contributed by atoms with Gasteiger partial charge in [-0.15, -0.1) is 0 Å². The molecule has 0 spiro atoms. The highest BCUT2D eigenvalue weighted by Gasteiger charge is 2.40. The van der Waals surface area contributed by atoms with Crippen molar-refractivity contribution in [2.75, 3.05) is 18.6 Å². The van der Waals surface area contributed by atoms with Gasteiger partial charge in [-0.25, -0.2) is 10.9 Å². The molecule has 0 saturated carbocycles. The molecule has 0 aliphatic carbocycles. The summed E-state index contributed by atoms with van der Waals surface area (Å²) in [4.78, 5) is 20.3. The Hall–Kier alpha value is -2.69. The van der Waals surface area contributed by atoms with Gasteiger partial charge in [0.15, 0.2) is 0 Å². The molecule has 0 bridgehead atoms. The van der Waals surface area contributed by atoms with Crippen LogP contribution in [0, 0.1) is 0 Å². The molecule has 9 nitrogen and oxygen atoms in total. The van der Waals surface area contributed by atoms with Gasteiger partial charge in [0.05, 0.1) is 43.2 Å². The molecule has 37 heavy (non-hydrogen) atoms. The Labute approximate surface area is 222 Å². The molecular weight excluding hydrogens is 494 g/mol. The lowest BCUT2D eigenvalue weighted by Gasteiger charge is -2.31. The Morgan fingerprint density at radius 3 is 2.65 bits per heavy atom. The topological polar surface area (TPSA) is 118 Å². The maximum absolute atomic E-state index is 13.0. The molecule has 2 heterocycles. The highest BCUT2D eigenvalue weighted by molar-refractivity contribution is 6.30. The summed E-state index contributed by atoms with van der Waals surface area (Å²) >= 11 is 6.16. The van der Waals surface area contributed by atoms with Crippen molar-refractivity contribution in [3.63, 3.8) is 0 Å². The van der Waals surface area contributed by atoms with Crippen LogP contribution in [0.15, 0.2) is 47.5 Å². The van der Waals surface area contributed by atoms with Crippen LogP contribution in [0.25, 0.3) is 0 Å². The van der Waals surface area contributed by atoms with Crippen LogP contribution in [0.5, 0.6) is 5.75 Å². The fourth-order valence-corrected chi connectivity index (χ4v) is 4.85. The number of nitrogens with zero attached hydrogens (tertiary/aromatic N) is 2. The predicted octanol–water partition coefficient (Wildman–Crippen LogP) is 2.57. The van der Waals surface area contributed by atoms with Gasteiger partial charge in [-0.3, -0.25) is 9.79 Å². The van der Waals surface area contributed by atoms with Gasteiger partial charge in [0.2, 0.25) is 5.91 Å². The summed E-state index contributed by atoms with van der Waals surface area (Å²) in [5.74, 6) is 0.584. The van der Waals surface area contributed by atoms with E-state index in [-0.39, 0.29) is 24.7 Å². The molecule has 10 heteroatoms. The minimum Gasteiger partial charge on any atom is -0.497 e. The molecule has 0 radical (unpaired) electrons. The zero-order valence-corrected chi connectivity index (χ0v) is 22.4. The van der Waals surface area contributed by atoms with E-state index in [2.05, 4.69) is 28.0 Å². The number of benzene rings is 2. The number of amides is 1. The second-order valence-corrected chi connectivity index (χ2v) is 10.6. The third-order valence-electron chi connectivity index (χ3n) is 6.86. The monoisotopic (exact) mass is 529 g/mol. The zero-order chi connectivity index (χ0) is 26.7. The van der Waals surface area contributed by atoms with E-state index in [1.807, 2.05) is 42.5 Å². The first-order valence-electron chi connectivity index (χ1n) is 12.6. The molecule has 1 amide bonds. The fourth-order valence-electron chi connectivity index (χ4n) is 4.72. The molecular formula is C27H36ClN5O4. The van der Waals surface area contributed by atoms with Crippen molar-refractivity contribution >= 4 is 28.9 Å². The minimum absolute atomic E-state index is 0.0363. The van der Waals surface area contributed by atoms with Crippen molar-refractivity contribution in [2.45, 2.75) is 70.1 Å². The number of methoxy groups -OCH3 is 1. The number of halogens is 1. The van der Waals surface area contributed by atoms with Crippen molar-refractivity contribution < 1.29 is 19.7 Å². The molecule has 2 aliphatic rings. The Balaban J connectivity index is 1.61. The molecule has 5 N–H and O–H groups in total. The molecule has 1 fully saturated rings. The second-order valence-electron chi connectivity index (χ2n) is 10.1. The van der Waals surface area contributed by atoms with Crippen LogP contribution >= 0.6 is 11.6 Å². The van der Waals surface area contributed by atoms with Crippen molar-refractivity contribution in [3.05, 3.63) is 58.6 Å². The smallest absolute Gasteiger partial charge is 0.222 e. The van der Waals surface area contributed by atoms with Crippen LogP contribution < -0.4 is 25.8 Å². The van der Waals surface area contributed by atoms with Crippen LogP contribution in [0.4, 0.5) is 5.69 Å². The van der Waals surface area contributed by atoms with E-state index in [9.17, 15) is 15.0 Å². The number of fused-ring (bicyclic) bond motifs is 3. The Morgan fingerprint density at radius 2 is 1.97 bits per heavy atom. The Bertz CT molecular complexity index is 1130. The lowest BCUT2D eigenvalue weighted by Crippen LogP contribution is -2.47. The number of hydrogen-bond acceptors (Lipinski definition) is 8. The Morgan fingerprint density at radius 1 is 1.24 bits per heavy atom. The number of anilines is 1. The van der Waals surface area contributed by atoms with E-state index in [0.717, 1.165) is 22.5 Å². The van der Waals surface area contributed by atoms with Crippen LogP contribution in [-0.4, -0.2) is 65.6 Å². The van der Waals surface area contributed by atoms with Gasteiger partial charge in [-0.2, -0.15) is 0 Å². The highest BCUT2D eigenvalue weighted by Crippen LogP contribution is 2.36. The number of carbonyl (C=O) groups is 1. The number of hydrogen-bond donors (Lipinski definition) is 5. The summed E-state index contributed by atoms with van der Waals surface area (Å²) in [5, 5.41) is 23.5. The number of hydrazine groups is 1. The second kappa shape index (κ2) is 11.4. The van der Waals surface area contributed by atoms with Crippen molar-refractivity contribution in [1.29, 1.82) is 0 Å². The molecule has 2 aromatic carbocycles. The number of aliphatic imine (C=N–C) groups is 1. The first-order chi connectivity index (χ1) is 17.6.